The molecule has 0 aliphatic heterocycles. The minimum atomic E-state index is -0.0805. The SMILES string of the molecule is CC(C)Cc1ccc(C(NC(=O)c2cnn(C)c2)C(C)C)cc1. The first-order chi connectivity index (χ1) is 10.9. The fraction of sp³-hybridized carbons (Fsp3) is 0.474. The van der Waals surface area contributed by atoms with E-state index in [-0.39, 0.29) is 11.9 Å². The van der Waals surface area contributed by atoms with Gasteiger partial charge in [0.15, 0.2) is 0 Å². The van der Waals surface area contributed by atoms with E-state index < -0.39 is 0 Å². The van der Waals surface area contributed by atoms with Crippen LogP contribution in [0.1, 0.15) is 55.2 Å². The van der Waals surface area contributed by atoms with E-state index in [4.69, 9.17) is 0 Å². The van der Waals surface area contributed by atoms with Gasteiger partial charge in [-0.3, -0.25) is 9.48 Å². The maximum atomic E-state index is 12.4. The second-order valence-electron chi connectivity index (χ2n) is 6.94. The minimum Gasteiger partial charge on any atom is -0.345 e. The van der Waals surface area contributed by atoms with Crippen LogP contribution in [0.4, 0.5) is 0 Å². The van der Waals surface area contributed by atoms with Crippen LogP contribution in [0.2, 0.25) is 0 Å². The molecule has 1 amide bonds. The third kappa shape index (κ3) is 4.68. The van der Waals surface area contributed by atoms with E-state index in [0.29, 0.717) is 17.4 Å². The molecule has 4 heteroatoms. The van der Waals surface area contributed by atoms with E-state index >= 15 is 0 Å². The van der Waals surface area contributed by atoms with E-state index in [1.165, 1.54) is 5.56 Å². The standard InChI is InChI=1S/C19H27N3O/c1-13(2)10-15-6-8-16(9-7-15)18(14(3)4)21-19(23)17-11-20-22(5)12-17/h6-9,11-14,18H,10H2,1-5H3,(H,21,23). The summed E-state index contributed by atoms with van der Waals surface area (Å²) in [6, 6.07) is 8.59. The lowest BCUT2D eigenvalue weighted by molar-refractivity contribution is 0.0925. The zero-order valence-corrected chi connectivity index (χ0v) is 14.7. The second kappa shape index (κ2) is 7.44. The molecule has 1 aromatic carbocycles. The molecule has 124 valence electrons. The van der Waals surface area contributed by atoms with Gasteiger partial charge in [-0.05, 0) is 29.4 Å². The van der Waals surface area contributed by atoms with Crippen molar-refractivity contribution in [1.29, 1.82) is 0 Å². The highest BCUT2D eigenvalue weighted by atomic mass is 16.1. The number of amides is 1. The Kier molecular flexibility index (Phi) is 5.59. The Labute approximate surface area is 138 Å². The summed E-state index contributed by atoms with van der Waals surface area (Å²) in [6.07, 6.45) is 4.41. The van der Waals surface area contributed by atoms with E-state index in [9.17, 15) is 4.79 Å². The fourth-order valence-electron chi connectivity index (χ4n) is 2.73. The molecule has 0 aliphatic carbocycles. The molecule has 2 rings (SSSR count). The zero-order valence-electron chi connectivity index (χ0n) is 14.7. The van der Waals surface area contributed by atoms with Gasteiger partial charge < -0.3 is 5.32 Å². The second-order valence-corrected chi connectivity index (χ2v) is 6.94. The first kappa shape index (κ1) is 17.3. The number of aromatic nitrogens is 2. The van der Waals surface area contributed by atoms with Gasteiger partial charge in [0, 0.05) is 13.2 Å². The summed E-state index contributed by atoms with van der Waals surface area (Å²) in [5, 5.41) is 7.19. The molecule has 1 unspecified atom stereocenters. The Morgan fingerprint density at radius 1 is 1.17 bits per heavy atom. The van der Waals surface area contributed by atoms with Crippen LogP contribution in [0.15, 0.2) is 36.7 Å². The van der Waals surface area contributed by atoms with Crippen molar-refractivity contribution in [2.24, 2.45) is 18.9 Å². The van der Waals surface area contributed by atoms with Crippen molar-refractivity contribution in [2.45, 2.75) is 40.2 Å². The highest BCUT2D eigenvalue weighted by Gasteiger charge is 2.20. The van der Waals surface area contributed by atoms with E-state index in [2.05, 4.69) is 62.4 Å². The average Bonchev–Trinajstić information content (AvgIpc) is 2.91. The van der Waals surface area contributed by atoms with Gasteiger partial charge in [0.05, 0.1) is 17.8 Å². The molecule has 2 aromatic rings. The summed E-state index contributed by atoms with van der Waals surface area (Å²) in [6.45, 7) is 8.68. The number of benzene rings is 1. The normalized spacial score (nSPS) is 12.7. The molecular formula is C19H27N3O. The zero-order chi connectivity index (χ0) is 17.0. The highest BCUT2D eigenvalue weighted by Crippen LogP contribution is 2.23. The van der Waals surface area contributed by atoms with Gasteiger partial charge in [-0.2, -0.15) is 5.10 Å². The van der Waals surface area contributed by atoms with Crippen LogP contribution in [0.25, 0.3) is 0 Å². The number of carbonyl (C=O) groups excluding carboxylic acids is 1. The lowest BCUT2D eigenvalue weighted by Gasteiger charge is -2.23. The number of carbonyl (C=O) groups is 1. The Morgan fingerprint density at radius 3 is 2.30 bits per heavy atom. The quantitative estimate of drug-likeness (QED) is 0.883. The average molecular weight is 313 g/mol. The Balaban J connectivity index is 2.13. The summed E-state index contributed by atoms with van der Waals surface area (Å²) in [4.78, 5) is 12.4. The van der Waals surface area contributed by atoms with Crippen LogP contribution in [0.5, 0.6) is 0 Å². The van der Waals surface area contributed by atoms with Gasteiger partial charge in [0.1, 0.15) is 0 Å². The Hall–Kier alpha value is -2.10. The molecule has 0 aliphatic rings. The van der Waals surface area contributed by atoms with Crippen LogP contribution >= 0.6 is 0 Å². The largest absolute Gasteiger partial charge is 0.345 e. The van der Waals surface area contributed by atoms with Crippen molar-refractivity contribution in [2.75, 3.05) is 0 Å². The molecule has 1 heterocycles. The molecule has 4 nitrogen and oxygen atoms in total. The van der Waals surface area contributed by atoms with Gasteiger partial charge >= 0.3 is 0 Å². The van der Waals surface area contributed by atoms with Crippen LogP contribution in [-0.4, -0.2) is 15.7 Å². The smallest absolute Gasteiger partial charge is 0.254 e. The maximum absolute atomic E-state index is 12.4. The topological polar surface area (TPSA) is 46.9 Å². The molecule has 0 spiro atoms. The predicted octanol–water partition coefficient (Wildman–Crippen LogP) is 3.75. The van der Waals surface area contributed by atoms with Crippen molar-refractivity contribution in [1.82, 2.24) is 15.1 Å². The third-order valence-electron chi connectivity index (χ3n) is 3.90. The van der Waals surface area contributed by atoms with Crippen LogP contribution < -0.4 is 5.32 Å². The molecule has 1 atom stereocenters. The van der Waals surface area contributed by atoms with Crippen molar-refractivity contribution >= 4 is 5.91 Å². The van der Waals surface area contributed by atoms with Crippen molar-refractivity contribution in [3.63, 3.8) is 0 Å². The molecule has 0 bridgehead atoms. The lowest BCUT2D eigenvalue weighted by atomic mass is 9.93. The molecule has 1 aromatic heterocycles. The molecule has 0 saturated carbocycles. The summed E-state index contributed by atoms with van der Waals surface area (Å²) >= 11 is 0. The van der Waals surface area contributed by atoms with E-state index in [1.807, 2.05) is 7.05 Å². The molecule has 1 N–H and O–H groups in total. The first-order valence-electron chi connectivity index (χ1n) is 8.25. The summed E-state index contributed by atoms with van der Waals surface area (Å²) in [5.74, 6) is 0.877. The van der Waals surface area contributed by atoms with E-state index in [0.717, 1.165) is 12.0 Å². The van der Waals surface area contributed by atoms with Gasteiger partial charge in [0.25, 0.3) is 5.91 Å². The number of nitrogens with zero attached hydrogens (tertiary/aromatic N) is 2. The monoisotopic (exact) mass is 313 g/mol. The molecule has 0 saturated heterocycles. The van der Waals surface area contributed by atoms with Gasteiger partial charge in [-0.15, -0.1) is 0 Å². The number of nitrogens with one attached hydrogen (secondary N) is 1. The van der Waals surface area contributed by atoms with Crippen LogP contribution in [-0.2, 0) is 13.5 Å². The van der Waals surface area contributed by atoms with Crippen molar-refractivity contribution in [3.05, 3.63) is 53.3 Å². The minimum absolute atomic E-state index is 0.00388. The van der Waals surface area contributed by atoms with Crippen molar-refractivity contribution in [3.8, 4) is 0 Å². The summed E-state index contributed by atoms with van der Waals surface area (Å²) in [7, 11) is 1.81. The number of hydrogen-bond donors (Lipinski definition) is 1. The molecule has 0 radical (unpaired) electrons. The number of aryl methyl sites for hydroxylation is 1. The van der Waals surface area contributed by atoms with Crippen molar-refractivity contribution < 1.29 is 4.79 Å². The number of hydrogen-bond acceptors (Lipinski definition) is 2. The lowest BCUT2D eigenvalue weighted by Crippen LogP contribution is -2.31. The number of rotatable bonds is 6. The maximum Gasteiger partial charge on any atom is 0.254 e. The van der Waals surface area contributed by atoms with E-state index in [1.54, 1.807) is 17.1 Å². The van der Waals surface area contributed by atoms with Gasteiger partial charge in [0.2, 0.25) is 0 Å². The fourth-order valence-corrected chi connectivity index (χ4v) is 2.73. The van der Waals surface area contributed by atoms with Gasteiger partial charge in [-0.25, -0.2) is 0 Å². The van der Waals surface area contributed by atoms with Crippen LogP contribution in [0.3, 0.4) is 0 Å². The molecular weight excluding hydrogens is 286 g/mol. The molecule has 23 heavy (non-hydrogen) atoms. The summed E-state index contributed by atoms with van der Waals surface area (Å²) < 4.78 is 1.64. The van der Waals surface area contributed by atoms with Crippen LogP contribution in [0, 0.1) is 11.8 Å². The third-order valence-corrected chi connectivity index (χ3v) is 3.90. The highest BCUT2D eigenvalue weighted by molar-refractivity contribution is 5.93. The molecule has 0 fully saturated rings. The Morgan fingerprint density at radius 2 is 1.83 bits per heavy atom. The Bertz CT molecular complexity index is 641. The van der Waals surface area contributed by atoms with Gasteiger partial charge in [-0.1, -0.05) is 52.0 Å². The summed E-state index contributed by atoms with van der Waals surface area (Å²) in [5.41, 5.74) is 3.07. The first-order valence-corrected chi connectivity index (χ1v) is 8.25. The predicted molar refractivity (Wildman–Crippen MR) is 93.2 cm³/mol.